The zero-order chi connectivity index (χ0) is 18.5. The molecule has 1 aliphatic heterocycles. The number of hydrazone groups is 1. The summed E-state index contributed by atoms with van der Waals surface area (Å²) in [6.45, 7) is 1.70. The Morgan fingerprint density at radius 3 is 3.04 bits per heavy atom. The number of hydrogen-bond acceptors (Lipinski definition) is 6. The maximum Gasteiger partial charge on any atom is 0.242 e. The quantitative estimate of drug-likeness (QED) is 0.341. The lowest BCUT2D eigenvalue weighted by molar-refractivity contribution is -0.135. The normalized spacial score (nSPS) is 16.3. The van der Waals surface area contributed by atoms with Crippen LogP contribution in [0.4, 0.5) is 0 Å². The number of piperazine rings is 1. The summed E-state index contributed by atoms with van der Waals surface area (Å²) in [6, 6.07) is 5.91. The molecule has 0 saturated carbocycles. The summed E-state index contributed by atoms with van der Waals surface area (Å²) in [5.41, 5.74) is 5.00. The van der Waals surface area contributed by atoms with Crippen LogP contribution in [0.3, 0.4) is 0 Å². The molecule has 3 rings (SSSR count). The lowest BCUT2D eigenvalue weighted by Gasteiger charge is -2.36. The Morgan fingerprint density at radius 1 is 1.46 bits per heavy atom. The molecule has 0 atom stereocenters. The number of allylic oxidation sites excluding steroid dienone is 2. The van der Waals surface area contributed by atoms with E-state index in [4.69, 9.17) is 11.6 Å². The number of amides is 1. The fraction of sp³-hybridized carbons (Fsp3) is 0.294. The summed E-state index contributed by atoms with van der Waals surface area (Å²) < 4.78 is 0. The molecule has 26 heavy (non-hydrogen) atoms. The van der Waals surface area contributed by atoms with E-state index in [1.165, 1.54) is 6.21 Å². The van der Waals surface area contributed by atoms with Gasteiger partial charge in [-0.05, 0) is 5.56 Å². The number of nitrogens with one attached hydrogen (secondary N) is 2. The first kappa shape index (κ1) is 17.9. The van der Waals surface area contributed by atoms with Crippen molar-refractivity contribution in [1.29, 1.82) is 0 Å². The van der Waals surface area contributed by atoms with Gasteiger partial charge in [-0.2, -0.15) is 10.2 Å². The van der Waals surface area contributed by atoms with E-state index in [2.05, 4.69) is 20.7 Å². The summed E-state index contributed by atoms with van der Waals surface area (Å²) in [5, 5.41) is 12.0. The number of carbonyl (C=O) groups is 2. The number of nitrogens with zero attached hydrogens (tertiary/aromatic N) is 4. The van der Waals surface area contributed by atoms with Crippen LogP contribution in [0.15, 0.2) is 40.2 Å². The molecule has 2 N–H and O–H groups in total. The molecule has 0 aliphatic carbocycles. The SMILES string of the molecule is CN/N=C\C(=C(\Cl)C=O)N1CCN(Cc2cccc3cn[nH]c23)C(=O)C1. The number of halogens is 1. The Balaban J connectivity index is 1.74. The number of hydrogen-bond donors (Lipinski definition) is 2. The van der Waals surface area contributed by atoms with Crippen molar-refractivity contribution in [1.82, 2.24) is 25.4 Å². The molecule has 1 fully saturated rings. The monoisotopic (exact) mass is 374 g/mol. The van der Waals surface area contributed by atoms with Gasteiger partial charge in [0.15, 0.2) is 6.29 Å². The predicted octanol–water partition coefficient (Wildman–Crippen LogP) is 1.06. The predicted molar refractivity (Wildman–Crippen MR) is 99.6 cm³/mol. The molecule has 1 aromatic heterocycles. The highest BCUT2D eigenvalue weighted by Gasteiger charge is 2.26. The van der Waals surface area contributed by atoms with Crippen LogP contribution in [0.25, 0.3) is 10.9 Å². The Morgan fingerprint density at radius 2 is 2.31 bits per heavy atom. The minimum absolute atomic E-state index is 0.0208. The second kappa shape index (κ2) is 8.01. The van der Waals surface area contributed by atoms with Gasteiger partial charge in [0.25, 0.3) is 0 Å². The number of aldehydes is 1. The van der Waals surface area contributed by atoms with Crippen LogP contribution in [-0.4, -0.2) is 65.1 Å². The average Bonchev–Trinajstić information content (AvgIpc) is 3.13. The van der Waals surface area contributed by atoms with Gasteiger partial charge in [-0.1, -0.05) is 29.8 Å². The Labute approximate surface area is 155 Å². The maximum atomic E-state index is 12.6. The van der Waals surface area contributed by atoms with E-state index in [0.29, 0.717) is 31.6 Å². The molecule has 136 valence electrons. The van der Waals surface area contributed by atoms with Gasteiger partial charge < -0.3 is 15.2 Å². The van der Waals surface area contributed by atoms with Crippen molar-refractivity contribution in [3.05, 3.63) is 40.7 Å². The first-order valence-corrected chi connectivity index (χ1v) is 8.50. The van der Waals surface area contributed by atoms with Gasteiger partial charge in [0.1, 0.15) is 5.03 Å². The van der Waals surface area contributed by atoms with E-state index in [0.717, 1.165) is 16.5 Å². The summed E-state index contributed by atoms with van der Waals surface area (Å²) in [6.07, 6.45) is 3.76. The summed E-state index contributed by atoms with van der Waals surface area (Å²) in [7, 11) is 1.64. The molecule has 1 amide bonds. The molecule has 0 spiro atoms. The molecule has 1 aromatic carbocycles. The Bertz CT molecular complexity index is 875. The fourth-order valence-electron chi connectivity index (χ4n) is 2.93. The van der Waals surface area contributed by atoms with E-state index < -0.39 is 0 Å². The Kier molecular flexibility index (Phi) is 5.52. The second-order valence-corrected chi connectivity index (χ2v) is 6.23. The number of aromatic amines is 1. The summed E-state index contributed by atoms with van der Waals surface area (Å²) in [4.78, 5) is 27.2. The first-order chi connectivity index (χ1) is 12.6. The smallest absolute Gasteiger partial charge is 0.242 e. The molecular weight excluding hydrogens is 356 g/mol. The lowest BCUT2D eigenvalue weighted by atomic mass is 10.1. The van der Waals surface area contributed by atoms with Gasteiger partial charge >= 0.3 is 0 Å². The largest absolute Gasteiger partial charge is 0.358 e. The van der Waals surface area contributed by atoms with Crippen LogP contribution in [0.2, 0.25) is 0 Å². The van der Waals surface area contributed by atoms with E-state index in [-0.39, 0.29) is 17.5 Å². The van der Waals surface area contributed by atoms with Crippen molar-refractivity contribution < 1.29 is 9.59 Å². The van der Waals surface area contributed by atoms with E-state index in [1.54, 1.807) is 23.0 Å². The standard InChI is InChI=1S/C17H19ClN6O2/c1-19-20-8-15(14(18)11-25)23-5-6-24(16(26)10-23)9-13-4-2-3-12-7-21-22-17(12)13/h2-4,7-8,11,19H,5-6,9-10H2,1H3,(H,21,22)/b15-14-,20-8-. The van der Waals surface area contributed by atoms with E-state index in [9.17, 15) is 9.59 Å². The fourth-order valence-corrected chi connectivity index (χ4v) is 3.10. The van der Waals surface area contributed by atoms with Gasteiger partial charge in [-0.15, -0.1) is 0 Å². The number of benzene rings is 1. The average molecular weight is 375 g/mol. The lowest BCUT2D eigenvalue weighted by Crippen LogP contribution is -2.49. The third kappa shape index (κ3) is 3.70. The molecule has 0 radical (unpaired) electrons. The Hall–Kier alpha value is -2.87. The molecule has 1 aliphatic rings. The van der Waals surface area contributed by atoms with Gasteiger partial charge in [0.05, 0.1) is 30.2 Å². The van der Waals surface area contributed by atoms with Crippen molar-refractivity contribution >= 4 is 40.9 Å². The van der Waals surface area contributed by atoms with Gasteiger partial charge in [0, 0.05) is 32.1 Å². The van der Waals surface area contributed by atoms with Crippen LogP contribution >= 0.6 is 11.6 Å². The first-order valence-electron chi connectivity index (χ1n) is 8.12. The van der Waals surface area contributed by atoms with Crippen LogP contribution in [0.1, 0.15) is 5.56 Å². The highest BCUT2D eigenvalue weighted by molar-refractivity contribution is 6.40. The number of carbonyl (C=O) groups excluding carboxylic acids is 2. The molecular formula is C17H19ClN6O2. The van der Waals surface area contributed by atoms with Gasteiger partial charge in [-0.3, -0.25) is 14.7 Å². The molecule has 0 unspecified atom stereocenters. The van der Waals surface area contributed by atoms with Crippen LogP contribution in [0, 0.1) is 0 Å². The van der Waals surface area contributed by atoms with Crippen molar-refractivity contribution in [3.63, 3.8) is 0 Å². The maximum absolute atomic E-state index is 12.6. The molecule has 9 heteroatoms. The summed E-state index contributed by atoms with van der Waals surface area (Å²) >= 11 is 5.98. The number of H-pyrrole nitrogens is 1. The highest BCUT2D eigenvalue weighted by Crippen LogP contribution is 2.20. The molecule has 8 nitrogen and oxygen atoms in total. The number of aromatic nitrogens is 2. The highest BCUT2D eigenvalue weighted by atomic mass is 35.5. The topological polar surface area (TPSA) is 93.7 Å². The van der Waals surface area contributed by atoms with E-state index >= 15 is 0 Å². The molecule has 2 aromatic rings. The third-order valence-electron chi connectivity index (χ3n) is 4.25. The van der Waals surface area contributed by atoms with Crippen molar-refractivity contribution in [2.24, 2.45) is 5.10 Å². The zero-order valence-corrected chi connectivity index (χ0v) is 15.0. The number of para-hydroxylation sites is 1. The molecule has 0 bridgehead atoms. The van der Waals surface area contributed by atoms with Crippen molar-refractivity contribution in [2.75, 3.05) is 26.7 Å². The summed E-state index contributed by atoms with van der Waals surface area (Å²) in [5.74, 6) is -0.0431. The number of fused-ring (bicyclic) bond motifs is 1. The van der Waals surface area contributed by atoms with E-state index in [1.807, 2.05) is 18.2 Å². The zero-order valence-electron chi connectivity index (χ0n) is 14.3. The van der Waals surface area contributed by atoms with Gasteiger partial charge in [-0.25, -0.2) is 0 Å². The second-order valence-electron chi connectivity index (χ2n) is 5.82. The minimum Gasteiger partial charge on any atom is -0.358 e. The van der Waals surface area contributed by atoms with Crippen molar-refractivity contribution in [3.8, 4) is 0 Å². The van der Waals surface area contributed by atoms with Crippen LogP contribution in [0.5, 0.6) is 0 Å². The van der Waals surface area contributed by atoms with Crippen LogP contribution < -0.4 is 5.43 Å². The molecule has 1 saturated heterocycles. The number of rotatable bonds is 6. The third-order valence-corrected chi connectivity index (χ3v) is 4.53. The minimum atomic E-state index is -0.0431. The molecule has 2 heterocycles. The van der Waals surface area contributed by atoms with Crippen LogP contribution in [-0.2, 0) is 16.1 Å². The van der Waals surface area contributed by atoms with Crippen molar-refractivity contribution in [2.45, 2.75) is 6.54 Å². The van der Waals surface area contributed by atoms with Gasteiger partial charge in [0.2, 0.25) is 5.91 Å².